The lowest BCUT2D eigenvalue weighted by Gasteiger charge is -2.20. The van der Waals surface area contributed by atoms with Crippen LogP contribution in [0.25, 0.3) is 0 Å². The van der Waals surface area contributed by atoms with Gasteiger partial charge in [0.05, 0.1) is 0 Å². The number of carbonyl (C=O) groups is 1. The Hall–Kier alpha value is -0.730. The van der Waals surface area contributed by atoms with Crippen LogP contribution in [0.15, 0.2) is 0 Å². The number of carbonyl (C=O) groups excluding carboxylic acids is 1. The first-order valence-corrected chi connectivity index (χ1v) is 6.83. The molecule has 0 radical (unpaired) electrons. The molecule has 0 atom stereocenters. The first-order chi connectivity index (χ1) is 7.76. The van der Waals surface area contributed by atoms with Gasteiger partial charge in [-0.15, -0.1) is 0 Å². The topological polar surface area (TPSA) is 41.1 Å². The van der Waals surface area contributed by atoms with Crippen LogP contribution in [0.5, 0.6) is 0 Å². The van der Waals surface area contributed by atoms with E-state index in [1.807, 2.05) is 0 Å². The number of hydrogen-bond acceptors (Lipinski definition) is 1. The van der Waals surface area contributed by atoms with E-state index in [1.54, 1.807) is 0 Å². The zero-order valence-corrected chi connectivity index (χ0v) is 10.7. The van der Waals surface area contributed by atoms with Gasteiger partial charge in [-0.3, -0.25) is 0 Å². The Bertz CT molecular complexity index is 194. The Labute approximate surface area is 99.4 Å². The van der Waals surface area contributed by atoms with E-state index in [4.69, 9.17) is 0 Å². The van der Waals surface area contributed by atoms with E-state index in [0.717, 1.165) is 25.7 Å². The van der Waals surface area contributed by atoms with E-state index in [9.17, 15) is 4.79 Å². The molecule has 1 saturated carbocycles. The minimum atomic E-state index is 0.0283. The maximum absolute atomic E-state index is 11.7. The Kier molecular flexibility index (Phi) is 6.27. The molecule has 1 aliphatic carbocycles. The van der Waals surface area contributed by atoms with Crippen molar-refractivity contribution in [1.29, 1.82) is 0 Å². The largest absolute Gasteiger partial charge is 0.335 e. The van der Waals surface area contributed by atoms with Crippen molar-refractivity contribution in [3.8, 4) is 0 Å². The van der Waals surface area contributed by atoms with Crippen LogP contribution in [0.4, 0.5) is 4.79 Å². The Morgan fingerprint density at radius 1 is 1.12 bits per heavy atom. The zero-order valence-electron chi connectivity index (χ0n) is 10.7. The normalized spacial score (nSPS) is 18.2. The zero-order chi connectivity index (χ0) is 11.8. The molecule has 0 aliphatic heterocycles. The lowest BCUT2D eigenvalue weighted by molar-refractivity contribution is 0.230. The van der Waals surface area contributed by atoms with Crippen molar-refractivity contribution in [2.24, 2.45) is 0 Å². The smallest absolute Gasteiger partial charge is 0.315 e. The van der Waals surface area contributed by atoms with Crippen molar-refractivity contribution >= 4 is 6.03 Å². The predicted octanol–water partition coefficient (Wildman–Crippen LogP) is 3.20. The average molecular weight is 226 g/mol. The van der Waals surface area contributed by atoms with Crippen LogP contribution in [-0.2, 0) is 0 Å². The summed E-state index contributed by atoms with van der Waals surface area (Å²) in [6.45, 7) is 4.22. The molecule has 1 rings (SSSR count). The molecule has 0 unspecified atom stereocenters. The minimum Gasteiger partial charge on any atom is -0.335 e. The molecular weight excluding hydrogens is 200 g/mol. The fourth-order valence-corrected chi connectivity index (χ4v) is 2.33. The standard InChI is InChI=1S/C13H26N2O/c1-3-11(4-2)14-13(16)15-12-9-7-5-6-8-10-12/h11-12H,3-10H2,1-2H3,(H2,14,15,16). The summed E-state index contributed by atoms with van der Waals surface area (Å²) in [4.78, 5) is 11.7. The Morgan fingerprint density at radius 2 is 1.69 bits per heavy atom. The van der Waals surface area contributed by atoms with Gasteiger partial charge >= 0.3 is 6.03 Å². The van der Waals surface area contributed by atoms with Gasteiger partial charge in [0.15, 0.2) is 0 Å². The number of hydrogen-bond donors (Lipinski definition) is 2. The quantitative estimate of drug-likeness (QED) is 0.710. The molecule has 94 valence electrons. The van der Waals surface area contributed by atoms with Gasteiger partial charge < -0.3 is 10.6 Å². The molecule has 0 aromatic heterocycles. The van der Waals surface area contributed by atoms with Gasteiger partial charge in [-0.1, -0.05) is 39.5 Å². The molecule has 0 aromatic carbocycles. The van der Waals surface area contributed by atoms with Crippen LogP contribution in [0.3, 0.4) is 0 Å². The molecular formula is C13H26N2O. The third kappa shape index (κ3) is 4.86. The second-order valence-electron chi connectivity index (χ2n) is 4.82. The molecule has 1 fully saturated rings. The van der Waals surface area contributed by atoms with Crippen LogP contribution in [0, 0.1) is 0 Å². The molecule has 2 amide bonds. The van der Waals surface area contributed by atoms with Crippen LogP contribution in [0.1, 0.15) is 65.2 Å². The second kappa shape index (κ2) is 7.53. The third-order valence-electron chi connectivity index (χ3n) is 3.51. The summed E-state index contributed by atoms with van der Waals surface area (Å²) in [5, 5.41) is 6.14. The second-order valence-corrected chi connectivity index (χ2v) is 4.82. The van der Waals surface area contributed by atoms with Crippen LogP contribution in [-0.4, -0.2) is 18.1 Å². The lowest BCUT2D eigenvalue weighted by atomic mass is 10.1. The van der Waals surface area contributed by atoms with Gasteiger partial charge in [0.25, 0.3) is 0 Å². The van der Waals surface area contributed by atoms with Crippen molar-refractivity contribution in [2.45, 2.75) is 77.3 Å². The van der Waals surface area contributed by atoms with E-state index in [2.05, 4.69) is 24.5 Å². The van der Waals surface area contributed by atoms with Gasteiger partial charge in [-0.05, 0) is 25.7 Å². The maximum atomic E-state index is 11.7. The van der Waals surface area contributed by atoms with Crippen molar-refractivity contribution < 1.29 is 4.79 Å². The number of nitrogens with one attached hydrogen (secondary N) is 2. The highest BCUT2D eigenvalue weighted by Gasteiger charge is 2.15. The highest BCUT2D eigenvalue weighted by atomic mass is 16.2. The molecule has 1 aliphatic rings. The summed E-state index contributed by atoms with van der Waals surface area (Å²) >= 11 is 0. The predicted molar refractivity (Wildman–Crippen MR) is 67.5 cm³/mol. The minimum absolute atomic E-state index is 0.0283. The van der Waals surface area contributed by atoms with E-state index >= 15 is 0 Å². The summed E-state index contributed by atoms with van der Waals surface area (Å²) in [6, 6.07) is 0.753. The van der Waals surface area contributed by atoms with E-state index in [1.165, 1.54) is 25.7 Å². The highest BCUT2D eigenvalue weighted by Crippen LogP contribution is 2.17. The number of rotatable bonds is 4. The van der Waals surface area contributed by atoms with Gasteiger partial charge in [-0.2, -0.15) is 0 Å². The first-order valence-electron chi connectivity index (χ1n) is 6.83. The Morgan fingerprint density at radius 3 is 2.19 bits per heavy atom. The molecule has 0 spiro atoms. The van der Waals surface area contributed by atoms with Crippen LogP contribution >= 0.6 is 0 Å². The molecule has 0 aromatic rings. The van der Waals surface area contributed by atoms with Crippen molar-refractivity contribution in [1.82, 2.24) is 10.6 Å². The van der Waals surface area contributed by atoms with Crippen LogP contribution < -0.4 is 10.6 Å². The molecule has 0 saturated heterocycles. The van der Waals surface area contributed by atoms with E-state index < -0.39 is 0 Å². The summed E-state index contributed by atoms with van der Waals surface area (Å²) in [6.07, 6.45) is 9.49. The SMILES string of the molecule is CCC(CC)NC(=O)NC1CCCCCC1. The summed E-state index contributed by atoms with van der Waals surface area (Å²) in [5.41, 5.74) is 0. The van der Waals surface area contributed by atoms with Gasteiger partial charge in [0, 0.05) is 12.1 Å². The fourth-order valence-electron chi connectivity index (χ4n) is 2.33. The molecule has 0 heterocycles. The molecule has 16 heavy (non-hydrogen) atoms. The lowest BCUT2D eigenvalue weighted by Crippen LogP contribution is -2.45. The summed E-state index contributed by atoms with van der Waals surface area (Å²) < 4.78 is 0. The third-order valence-corrected chi connectivity index (χ3v) is 3.51. The summed E-state index contributed by atoms with van der Waals surface area (Å²) in [5.74, 6) is 0. The van der Waals surface area contributed by atoms with Gasteiger partial charge in [-0.25, -0.2) is 4.79 Å². The number of urea groups is 1. The van der Waals surface area contributed by atoms with Crippen molar-refractivity contribution in [3.05, 3.63) is 0 Å². The Balaban J connectivity index is 2.26. The number of amides is 2. The molecule has 3 nitrogen and oxygen atoms in total. The summed E-state index contributed by atoms with van der Waals surface area (Å²) in [7, 11) is 0. The van der Waals surface area contributed by atoms with Gasteiger partial charge in [0.2, 0.25) is 0 Å². The molecule has 2 N–H and O–H groups in total. The van der Waals surface area contributed by atoms with Crippen LogP contribution in [0.2, 0.25) is 0 Å². The average Bonchev–Trinajstić information content (AvgIpc) is 2.54. The molecule has 3 heteroatoms. The molecule has 0 bridgehead atoms. The maximum Gasteiger partial charge on any atom is 0.315 e. The fraction of sp³-hybridized carbons (Fsp3) is 0.923. The monoisotopic (exact) mass is 226 g/mol. The van der Waals surface area contributed by atoms with E-state index in [0.29, 0.717) is 12.1 Å². The highest BCUT2D eigenvalue weighted by molar-refractivity contribution is 5.74. The van der Waals surface area contributed by atoms with Gasteiger partial charge in [0.1, 0.15) is 0 Å². The first kappa shape index (κ1) is 13.3. The van der Waals surface area contributed by atoms with Crippen molar-refractivity contribution in [2.75, 3.05) is 0 Å². The van der Waals surface area contributed by atoms with E-state index in [-0.39, 0.29) is 6.03 Å². The van der Waals surface area contributed by atoms with Crippen molar-refractivity contribution in [3.63, 3.8) is 0 Å².